The summed E-state index contributed by atoms with van der Waals surface area (Å²) in [6.45, 7) is 6.91. The first-order valence-corrected chi connectivity index (χ1v) is 9.95. The van der Waals surface area contributed by atoms with Gasteiger partial charge in [-0.25, -0.2) is 15.0 Å². The van der Waals surface area contributed by atoms with E-state index in [-0.39, 0.29) is 0 Å². The molecule has 2 N–H and O–H groups in total. The van der Waals surface area contributed by atoms with Crippen LogP contribution in [0.3, 0.4) is 0 Å². The van der Waals surface area contributed by atoms with E-state index in [2.05, 4.69) is 46.5 Å². The predicted octanol–water partition coefficient (Wildman–Crippen LogP) is 3.55. The number of anilines is 1. The van der Waals surface area contributed by atoms with Gasteiger partial charge in [-0.05, 0) is 49.7 Å². The first kappa shape index (κ1) is 17.8. The molecule has 5 rings (SSSR count). The van der Waals surface area contributed by atoms with Crippen LogP contribution in [0.25, 0.3) is 17.0 Å². The number of nitrogens with two attached hydrogens (primary N) is 1. The second-order valence-electron chi connectivity index (χ2n) is 7.78. The van der Waals surface area contributed by atoms with Crippen LogP contribution in [0.2, 0.25) is 0 Å². The van der Waals surface area contributed by atoms with Gasteiger partial charge < -0.3 is 10.1 Å². The third kappa shape index (κ3) is 3.25. The van der Waals surface area contributed by atoms with E-state index in [0.717, 1.165) is 60.2 Å². The summed E-state index contributed by atoms with van der Waals surface area (Å²) in [6.07, 6.45) is 5.01. The number of hydrogen-bond acceptors (Lipinski definition) is 5. The zero-order valence-electron chi connectivity index (χ0n) is 16.8. The number of aromatic nitrogens is 4. The van der Waals surface area contributed by atoms with Gasteiger partial charge in [-0.2, -0.15) is 0 Å². The molecule has 29 heavy (non-hydrogen) atoms. The van der Waals surface area contributed by atoms with Gasteiger partial charge in [0.1, 0.15) is 5.65 Å². The van der Waals surface area contributed by atoms with E-state index < -0.39 is 0 Å². The summed E-state index contributed by atoms with van der Waals surface area (Å²) in [5.41, 5.74) is 14.5. The van der Waals surface area contributed by atoms with E-state index in [1.807, 2.05) is 30.5 Å². The number of imidazole rings is 1. The lowest BCUT2D eigenvalue weighted by Crippen LogP contribution is -2.31. The van der Waals surface area contributed by atoms with E-state index >= 15 is 0 Å². The monoisotopic (exact) mass is 384 g/mol. The fourth-order valence-electron chi connectivity index (χ4n) is 4.05. The molecular formula is C23H24N6. The van der Waals surface area contributed by atoms with Crippen molar-refractivity contribution in [2.24, 2.45) is 0 Å². The number of fused-ring (bicyclic) bond motifs is 2. The Hall–Kier alpha value is -3.25. The summed E-state index contributed by atoms with van der Waals surface area (Å²) < 4.78 is 2.22. The van der Waals surface area contributed by atoms with Crippen molar-refractivity contribution in [2.45, 2.75) is 33.4 Å². The summed E-state index contributed by atoms with van der Waals surface area (Å²) in [6, 6.07) is 11.9. The lowest BCUT2D eigenvalue weighted by atomic mass is 10.1. The van der Waals surface area contributed by atoms with Gasteiger partial charge in [0, 0.05) is 55.3 Å². The van der Waals surface area contributed by atoms with Crippen molar-refractivity contribution in [3.8, 4) is 11.4 Å². The highest BCUT2D eigenvalue weighted by Crippen LogP contribution is 2.24. The molecule has 4 heterocycles. The number of rotatable bonds is 3. The van der Waals surface area contributed by atoms with Gasteiger partial charge in [0.25, 0.3) is 0 Å². The number of nitrogens with zero attached hydrogens (tertiary/aromatic N) is 5. The summed E-state index contributed by atoms with van der Waals surface area (Å²) in [5, 5.41) is 0. The Kier molecular flexibility index (Phi) is 4.28. The Bertz CT molecular complexity index is 1190. The fraction of sp³-hybridized carbons (Fsp3) is 0.261. The van der Waals surface area contributed by atoms with E-state index in [0.29, 0.717) is 0 Å². The maximum atomic E-state index is 5.79. The minimum Gasteiger partial charge on any atom is -0.399 e. The van der Waals surface area contributed by atoms with Gasteiger partial charge in [-0.1, -0.05) is 6.07 Å². The second kappa shape index (κ2) is 6.97. The molecule has 0 spiro atoms. The number of benzene rings is 1. The van der Waals surface area contributed by atoms with Crippen molar-refractivity contribution in [3.63, 3.8) is 0 Å². The Morgan fingerprint density at radius 3 is 2.72 bits per heavy atom. The van der Waals surface area contributed by atoms with E-state index in [1.54, 1.807) is 0 Å². The third-order valence-electron chi connectivity index (χ3n) is 5.70. The average molecular weight is 384 g/mol. The highest BCUT2D eigenvalue weighted by molar-refractivity contribution is 5.59. The molecule has 0 amide bonds. The summed E-state index contributed by atoms with van der Waals surface area (Å²) >= 11 is 0. The SMILES string of the molecule is Cc1nc2c(C)cccn2c1CN1CCc2nc(-c3ccc(N)cc3)ncc2C1. The second-order valence-corrected chi connectivity index (χ2v) is 7.78. The van der Waals surface area contributed by atoms with Crippen LogP contribution in [0.4, 0.5) is 5.69 Å². The predicted molar refractivity (Wildman–Crippen MR) is 114 cm³/mol. The lowest BCUT2D eigenvalue weighted by molar-refractivity contribution is 0.239. The van der Waals surface area contributed by atoms with Crippen LogP contribution >= 0.6 is 0 Å². The summed E-state index contributed by atoms with van der Waals surface area (Å²) in [4.78, 5) is 16.7. The number of aryl methyl sites for hydroxylation is 2. The Morgan fingerprint density at radius 1 is 1.07 bits per heavy atom. The minimum absolute atomic E-state index is 0.750. The molecule has 0 aliphatic carbocycles. The van der Waals surface area contributed by atoms with Crippen LogP contribution in [-0.4, -0.2) is 30.8 Å². The largest absolute Gasteiger partial charge is 0.399 e. The molecule has 1 aliphatic heterocycles. The first-order valence-electron chi connectivity index (χ1n) is 9.95. The Labute approximate surface area is 170 Å². The molecule has 1 aromatic carbocycles. The molecule has 0 unspecified atom stereocenters. The molecule has 6 nitrogen and oxygen atoms in total. The summed E-state index contributed by atoms with van der Waals surface area (Å²) in [7, 11) is 0. The van der Waals surface area contributed by atoms with Crippen molar-refractivity contribution in [1.29, 1.82) is 0 Å². The van der Waals surface area contributed by atoms with Gasteiger partial charge in [0.05, 0.1) is 17.1 Å². The molecule has 6 heteroatoms. The number of hydrogen-bond donors (Lipinski definition) is 1. The Morgan fingerprint density at radius 2 is 1.90 bits per heavy atom. The van der Waals surface area contributed by atoms with Crippen LogP contribution in [0.15, 0.2) is 48.8 Å². The normalized spacial score (nSPS) is 14.3. The quantitative estimate of drug-likeness (QED) is 0.547. The van der Waals surface area contributed by atoms with Crippen LogP contribution in [0, 0.1) is 13.8 Å². The molecular weight excluding hydrogens is 360 g/mol. The molecule has 0 radical (unpaired) electrons. The maximum Gasteiger partial charge on any atom is 0.159 e. The Balaban J connectivity index is 1.39. The zero-order chi connectivity index (χ0) is 20.0. The molecule has 0 fully saturated rings. The van der Waals surface area contributed by atoms with Gasteiger partial charge in [0.2, 0.25) is 0 Å². The minimum atomic E-state index is 0.750. The smallest absolute Gasteiger partial charge is 0.159 e. The van der Waals surface area contributed by atoms with E-state index in [4.69, 9.17) is 15.7 Å². The van der Waals surface area contributed by atoms with Gasteiger partial charge >= 0.3 is 0 Å². The number of nitrogen functional groups attached to an aromatic ring is 1. The molecule has 1 aliphatic rings. The van der Waals surface area contributed by atoms with Crippen molar-refractivity contribution in [1.82, 2.24) is 24.3 Å². The standard InChI is InChI=1S/C23H24N6/c1-15-4-3-10-29-21(16(2)26-23(15)29)14-28-11-9-20-18(13-28)12-25-22(27-20)17-5-7-19(24)8-6-17/h3-8,10,12H,9,11,13-14,24H2,1-2H3. The molecule has 3 aromatic heterocycles. The highest BCUT2D eigenvalue weighted by atomic mass is 15.2. The van der Waals surface area contributed by atoms with Crippen LogP contribution in [-0.2, 0) is 19.5 Å². The third-order valence-corrected chi connectivity index (χ3v) is 5.70. The van der Waals surface area contributed by atoms with Crippen molar-refractivity contribution < 1.29 is 0 Å². The van der Waals surface area contributed by atoms with E-state index in [1.165, 1.54) is 16.8 Å². The fourth-order valence-corrected chi connectivity index (χ4v) is 4.05. The molecule has 4 aromatic rings. The molecule has 146 valence electrons. The molecule has 0 saturated carbocycles. The van der Waals surface area contributed by atoms with Crippen LogP contribution in [0.1, 0.15) is 28.2 Å². The maximum absolute atomic E-state index is 5.79. The molecule has 0 bridgehead atoms. The molecule has 0 atom stereocenters. The van der Waals surface area contributed by atoms with Crippen molar-refractivity contribution in [3.05, 3.63) is 77.0 Å². The first-order chi connectivity index (χ1) is 14.1. The topological polar surface area (TPSA) is 72.3 Å². The van der Waals surface area contributed by atoms with Crippen molar-refractivity contribution in [2.75, 3.05) is 12.3 Å². The van der Waals surface area contributed by atoms with Gasteiger partial charge in [-0.15, -0.1) is 0 Å². The summed E-state index contributed by atoms with van der Waals surface area (Å²) in [5.74, 6) is 0.769. The van der Waals surface area contributed by atoms with Crippen LogP contribution in [0.5, 0.6) is 0 Å². The molecule has 0 saturated heterocycles. The lowest BCUT2D eigenvalue weighted by Gasteiger charge is -2.28. The number of pyridine rings is 1. The van der Waals surface area contributed by atoms with Crippen molar-refractivity contribution >= 4 is 11.3 Å². The van der Waals surface area contributed by atoms with Crippen LogP contribution < -0.4 is 5.73 Å². The van der Waals surface area contributed by atoms with Gasteiger partial charge in [0.15, 0.2) is 5.82 Å². The highest BCUT2D eigenvalue weighted by Gasteiger charge is 2.21. The van der Waals surface area contributed by atoms with Gasteiger partial charge in [-0.3, -0.25) is 4.90 Å². The van der Waals surface area contributed by atoms with E-state index in [9.17, 15) is 0 Å². The zero-order valence-corrected chi connectivity index (χ0v) is 16.8. The average Bonchev–Trinajstić information content (AvgIpc) is 3.05.